The molecule has 0 aliphatic carbocycles. The molecule has 0 radical (unpaired) electrons. The van der Waals surface area contributed by atoms with Gasteiger partial charge in [0.25, 0.3) is 0 Å². The number of aliphatic hydroxyl groups excluding tert-OH is 1. The quantitative estimate of drug-likeness (QED) is 0.813. The van der Waals surface area contributed by atoms with E-state index in [1.807, 2.05) is 6.07 Å². The van der Waals surface area contributed by atoms with Crippen LogP contribution in [0.15, 0.2) is 22.7 Å². The molecule has 0 spiro atoms. The first-order chi connectivity index (χ1) is 8.67. The maximum absolute atomic E-state index is 9.23. The maximum atomic E-state index is 9.23. The summed E-state index contributed by atoms with van der Waals surface area (Å²) in [5.41, 5.74) is 7.91. The van der Waals surface area contributed by atoms with Crippen LogP contribution in [0.5, 0.6) is 0 Å². The Morgan fingerprint density at radius 3 is 2.44 bits per heavy atom. The van der Waals surface area contributed by atoms with E-state index < -0.39 is 0 Å². The highest BCUT2D eigenvalue weighted by atomic mass is 79.9. The van der Waals surface area contributed by atoms with Crippen LogP contribution in [0.1, 0.15) is 32.3 Å². The third-order valence-corrected chi connectivity index (χ3v) is 4.05. The van der Waals surface area contributed by atoms with Crippen molar-refractivity contribution in [2.24, 2.45) is 5.73 Å². The third kappa shape index (κ3) is 3.70. The van der Waals surface area contributed by atoms with Crippen LogP contribution in [0.25, 0.3) is 0 Å². The highest BCUT2D eigenvalue weighted by Crippen LogP contribution is 2.26. The maximum Gasteiger partial charge on any atom is 0.0606 e. The van der Waals surface area contributed by atoms with Crippen LogP contribution in [0.3, 0.4) is 0 Å². The predicted octanol–water partition coefficient (Wildman–Crippen LogP) is 2.90. The molecule has 0 heterocycles. The number of anilines is 1. The average molecular weight is 315 g/mol. The molecule has 0 saturated carbocycles. The number of hydrogen-bond donors (Lipinski definition) is 2. The van der Waals surface area contributed by atoms with Gasteiger partial charge in [0, 0.05) is 29.3 Å². The van der Waals surface area contributed by atoms with Crippen LogP contribution in [-0.4, -0.2) is 24.3 Å². The Labute approximate surface area is 118 Å². The zero-order valence-corrected chi connectivity index (χ0v) is 12.8. The predicted molar refractivity (Wildman–Crippen MR) is 80.8 cm³/mol. The van der Waals surface area contributed by atoms with Crippen molar-refractivity contribution < 1.29 is 5.11 Å². The third-order valence-electron chi connectivity index (χ3n) is 3.31. The Balaban J connectivity index is 3.01. The highest BCUT2D eigenvalue weighted by Gasteiger charge is 2.15. The molecule has 0 aromatic heterocycles. The lowest BCUT2D eigenvalue weighted by atomic mass is 10.1. The molecule has 1 aromatic rings. The van der Waals surface area contributed by atoms with E-state index in [1.54, 1.807) is 0 Å². The molecule has 3 N–H and O–H groups in total. The summed E-state index contributed by atoms with van der Waals surface area (Å²) < 4.78 is 1.04. The summed E-state index contributed by atoms with van der Waals surface area (Å²) in [4.78, 5) is 2.27. The van der Waals surface area contributed by atoms with E-state index in [9.17, 15) is 5.11 Å². The lowest BCUT2D eigenvalue weighted by Gasteiger charge is -2.32. The molecular formula is C14H23BrN2O. The van der Waals surface area contributed by atoms with Crippen molar-refractivity contribution in [2.75, 3.05) is 18.1 Å². The summed E-state index contributed by atoms with van der Waals surface area (Å²) in [6.07, 6.45) is 2.15. The molecule has 0 saturated heterocycles. The molecule has 0 unspecified atom stereocenters. The Morgan fingerprint density at radius 1 is 1.33 bits per heavy atom. The van der Waals surface area contributed by atoms with Crippen molar-refractivity contribution in [3.8, 4) is 0 Å². The minimum atomic E-state index is 0.173. The number of aliphatic hydroxyl groups is 1. The average Bonchev–Trinajstić information content (AvgIpc) is 2.39. The smallest absolute Gasteiger partial charge is 0.0606 e. The first kappa shape index (κ1) is 15.5. The van der Waals surface area contributed by atoms with Gasteiger partial charge in [-0.05, 0) is 30.5 Å². The Morgan fingerprint density at radius 2 is 2.00 bits per heavy atom. The number of rotatable bonds is 7. The number of hydrogen-bond acceptors (Lipinski definition) is 3. The van der Waals surface area contributed by atoms with Gasteiger partial charge in [-0.1, -0.05) is 35.8 Å². The lowest BCUT2D eigenvalue weighted by molar-refractivity contribution is 0.296. The fourth-order valence-corrected chi connectivity index (χ4v) is 2.77. The van der Waals surface area contributed by atoms with Crippen LogP contribution < -0.4 is 10.6 Å². The second-order valence-electron chi connectivity index (χ2n) is 4.37. The van der Waals surface area contributed by atoms with Crippen LogP contribution in [0.4, 0.5) is 5.69 Å². The normalized spacial score (nSPS) is 11.0. The zero-order chi connectivity index (χ0) is 13.5. The molecule has 0 aliphatic heterocycles. The van der Waals surface area contributed by atoms with Crippen LogP contribution in [-0.2, 0) is 6.54 Å². The standard InChI is InChI=1S/C14H23BrN2O/c1-3-12(4-2)17(7-8-18)13-6-5-11(10-16)14(15)9-13/h5-6,9,12,18H,3-4,7-8,10,16H2,1-2H3. The van der Waals surface area contributed by atoms with Crippen LogP contribution >= 0.6 is 15.9 Å². The zero-order valence-electron chi connectivity index (χ0n) is 11.2. The van der Waals surface area contributed by atoms with Gasteiger partial charge in [-0.25, -0.2) is 0 Å². The Hall–Kier alpha value is -0.580. The second-order valence-corrected chi connectivity index (χ2v) is 5.22. The molecule has 0 atom stereocenters. The van der Waals surface area contributed by atoms with E-state index in [1.165, 1.54) is 0 Å². The lowest BCUT2D eigenvalue weighted by Crippen LogP contribution is -2.36. The summed E-state index contributed by atoms with van der Waals surface area (Å²) in [5, 5.41) is 9.23. The van der Waals surface area contributed by atoms with Gasteiger partial charge in [-0.3, -0.25) is 0 Å². The minimum absolute atomic E-state index is 0.173. The van der Waals surface area contributed by atoms with Crippen LogP contribution in [0.2, 0.25) is 0 Å². The van der Waals surface area contributed by atoms with E-state index in [2.05, 4.69) is 46.8 Å². The topological polar surface area (TPSA) is 49.5 Å². The molecule has 0 fully saturated rings. The number of benzene rings is 1. The van der Waals surface area contributed by atoms with E-state index in [0.717, 1.165) is 28.6 Å². The van der Waals surface area contributed by atoms with Crippen LogP contribution in [0, 0.1) is 0 Å². The van der Waals surface area contributed by atoms with Crippen molar-refractivity contribution in [1.82, 2.24) is 0 Å². The fraction of sp³-hybridized carbons (Fsp3) is 0.571. The SMILES string of the molecule is CCC(CC)N(CCO)c1ccc(CN)c(Br)c1. The fourth-order valence-electron chi connectivity index (χ4n) is 2.24. The molecular weight excluding hydrogens is 292 g/mol. The molecule has 0 aliphatic rings. The molecule has 1 aromatic carbocycles. The van der Waals surface area contributed by atoms with Crippen molar-refractivity contribution in [2.45, 2.75) is 39.3 Å². The van der Waals surface area contributed by atoms with Gasteiger partial charge in [0.15, 0.2) is 0 Å². The van der Waals surface area contributed by atoms with Gasteiger partial charge in [-0.15, -0.1) is 0 Å². The minimum Gasteiger partial charge on any atom is -0.395 e. The summed E-state index contributed by atoms with van der Waals surface area (Å²) >= 11 is 3.55. The summed E-state index contributed by atoms with van der Waals surface area (Å²) in [7, 11) is 0. The number of nitrogens with zero attached hydrogens (tertiary/aromatic N) is 1. The molecule has 3 nitrogen and oxygen atoms in total. The van der Waals surface area contributed by atoms with Gasteiger partial charge >= 0.3 is 0 Å². The molecule has 1 rings (SSSR count). The number of nitrogens with two attached hydrogens (primary N) is 1. The summed E-state index contributed by atoms with van der Waals surface area (Å²) in [6.45, 7) is 5.74. The molecule has 18 heavy (non-hydrogen) atoms. The van der Waals surface area contributed by atoms with E-state index in [-0.39, 0.29) is 6.61 Å². The van der Waals surface area contributed by atoms with Gasteiger partial charge in [-0.2, -0.15) is 0 Å². The van der Waals surface area contributed by atoms with Crippen molar-refractivity contribution >= 4 is 21.6 Å². The van der Waals surface area contributed by atoms with E-state index in [4.69, 9.17) is 5.73 Å². The van der Waals surface area contributed by atoms with Gasteiger partial charge in [0.2, 0.25) is 0 Å². The molecule has 102 valence electrons. The van der Waals surface area contributed by atoms with E-state index in [0.29, 0.717) is 19.1 Å². The van der Waals surface area contributed by atoms with Gasteiger partial charge in [0.1, 0.15) is 0 Å². The highest BCUT2D eigenvalue weighted by molar-refractivity contribution is 9.10. The molecule has 0 bridgehead atoms. The molecule has 0 amide bonds. The van der Waals surface area contributed by atoms with Crippen molar-refractivity contribution in [1.29, 1.82) is 0 Å². The largest absolute Gasteiger partial charge is 0.395 e. The monoisotopic (exact) mass is 314 g/mol. The van der Waals surface area contributed by atoms with Crippen molar-refractivity contribution in [3.05, 3.63) is 28.2 Å². The van der Waals surface area contributed by atoms with Crippen molar-refractivity contribution in [3.63, 3.8) is 0 Å². The molecule has 4 heteroatoms. The summed E-state index contributed by atoms with van der Waals surface area (Å²) in [5.74, 6) is 0. The van der Waals surface area contributed by atoms with Gasteiger partial charge < -0.3 is 15.7 Å². The first-order valence-electron chi connectivity index (χ1n) is 6.53. The van der Waals surface area contributed by atoms with E-state index >= 15 is 0 Å². The van der Waals surface area contributed by atoms with Gasteiger partial charge in [0.05, 0.1) is 6.61 Å². The Kier molecular flexibility index (Phi) is 6.68. The second kappa shape index (κ2) is 7.77. The Bertz CT molecular complexity index is 367. The first-order valence-corrected chi connectivity index (χ1v) is 7.33. The number of halogens is 1. The summed E-state index contributed by atoms with van der Waals surface area (Å²) in [6, 6.07) is 6.69.